The highest BCUT2D eigenvalue weighted by Crippen LogP contribution is 2.46. The summed E-state index contributed by atoms with van der Waals surface area (Å²) in [5, 5.41) is 7.78. The highest BCUT2D eigenvalue weighted by molar-refractivity contribution is 6.29. The largest absolute Gasteiger partial charge is 0.434 e. The lowest BCUT2D eigenvalue weighted by molar-refractivity contribution is 0.0728. The van der Waals surface area contributed by atoms with E-state index in [0.29, 0.717) is 11.7 Å². The fourth-order valence-electron chi connectivity index (χ4n) is 2.89. The number of hydrogen-bond acceptors (Lipinski definition) is 5. The molecule has 2 aromatic carbocycles. The van der Waals surface area contributed by atoms with Crippen molar-refractivity contribution in [2.24, 2.45) is 0 Å². The quantitative estimate of drug-likeness (QED) is 0.533. The molecule has 0 saturated heterocycles. The number of esters is 1. The molecule has 0 radical (unpaired) electrons. The predicted molar refractivity (Wildman–Crippen MR) is 102 cm³/mol. The molecule has 28 heavy (non-hydrogen) atoms. The van der Waals surface area contributed by atoms with Crippen LogP contribution in [0.3, 0.4) is 0 Å². The molecule has 1 aliphatic rings. The lowest BCUT2D eigenvalue weighted by atomic mass is 10.1. The first-order valence-corrected chi connectivity index (χ1v) is 9.17. The van der Waals surface area contributed by atoms with Crippen molar-refractivity contribution in [3.8, 4) is 17.4 Å². The Bertz CT molecular complexity index is 1050. The van der Waals surface area contributed by atoms with Crippen LogP contribution in [0.4, 0.5) is 4.39 Å². The van der Waals surface area contributed by atoms with E-state index in [0.717, 1.165) is 30.0 Å². The molecule has 1 saturated carbocycles. The number of benzene rings is 2. The minimum absolute atomic E-state index is 0.0132. The molecule has 1 heterocycles. The molecular weight excluding hydrogens is 383 g/mol. The SMILES string of the molecule is Cc1cccc(C2CC2)c1Oc1nnc(Cl)cc1OC(=O)c1cccc(F)c1. The Morgan fingerprint density at radius 1 is 1.14 bits per heavy atom. The van der Waals surface area contributed by atoms with Crippen LogP contribution in [0, 0.1) is 12.7 Å². The Kier molecular flexibility index (Phi) is 4.96. The van der Waals surface area contributed by atoms with Gasteiger partial charge in [0.15, 0.2) is 10.9 Å². The van der Waals surface area contributed by atoms with Crippen LogP contribution >= 0.6 is 11.6 Å². The van der Waals surface area contributed by atoms with Crippen LogP contribution in [0.1, 0.15) is 40.2 Å². The molecule has 1 fully saturated rings. The maximum atomic E-state index is 13.4. The molecule has 0 unspecified atom stereocenters. The molecule has 142 valence electrons. The summed E-state index contributed by atoms with van der Waals surface area (Å²) in [7, 11) is 0. The Morgan fingerprint density at radius 3 is 2.68 bits per heavy atom. The first-order valence-electron chi connectivity index (χ1n) is 8.79. The van der Waals surface area contributed by atoms with Crippen LogP contribution in [0.5, 0.6) is 17.4 Å². The van der Waals surface area contributed by atoms with Gasteiger partial charge in [-0.2, -0.15) is 0 Å². The first kappa shape index (κ1) is 18.4. The van der Waals surface area contributed by atoms with Gasteiger partial charge in [0.05, 0.1) is 5.56 Å². The van der Waals surface area contributed by atoms with E-state index in [-0.39, 0.29) is 22.3 Å². The van der Waals surface area contributed by atoms with Crippen LogP contribution in [0.15, 0.2) is 48.5 Å². The topological polar surface area (TPSA) is 61.3 Å². The highest BCUT2D eigenvalue weighted by Gasteiger charge is 2.28. The smallest absolute Gasteiger partial charge is 0.343 e. The lowest BCUT2D eigenvalue weighted by Gasteiger charge is -2.14. The molecular formula is C21H16ClFN2O3. The normalized spacial score (nSPS) is 13.2. The Labute approximate surface area is 166 Å². The van der Waals surface area contributed by atoms with Gasteiger partial charge in [0.2, 0.25) is 0 Å². The van der Waals surface area contributed by atoms with Gasteiger partial charge in [0.25, 0.3) is 5.88 Å². The zero-order valence-corrected chi connectivity index (χ0v) is 15.7. The molecule has 4 rings (SSSR count). The zero-order valence-electron chi connectivity index (χ0n) is 15.0. The predicted octanol–water partition coefficient (Wildman–Crippen LogP) is 5.47. The van der Waals surface area contributed by atoms with Crippen LogP contribution in [-0.4, -0.2) is 16.2 Å². The number of ether oxygens (including phenoxy) is 2. The Morgan fingerprint density at radius 2 is 1.93 bits per heavy atom. The van der Waals surface area contributed by atoms with Gasteiger partial charge in [-0.3, -0.25) is 0 Å². The number of rotatable bonds is 5. The van der Waals surface area contributed by atoms with Crippen LogP contribution in [0.2, 0.25) is 5.15 Å². The maximum Gasteiger partial charge on any atom is 0.343 e. The van der Waals surface area contributed by atoms with E-state index in [2.05, 4.69) is 10.2 Å². The standard InChI is InChI=1S/C21H16ClFN2O3/c1-12-4-2-7-16(13-8-9-13)19(12)28-20-17(11-18(22)24-25-20)27-21(26)14-5-3-6-15(23)10-14/h2-7,10-11,13H,8-9H2,1H3. The molecule has 7 heteroatoms. The molecule has 5 nitrogen and oxygen atoms in total. The summed E-state index contributed by atoms with van der Waals surface area (Å²) >= 11 is 5.92. The molecule has 0 bridgehead atoms. The van der Waals surface area contributed by atoms with Crippen LogP contribution < -0.4 is 9.47 Å². The van der Waals surface area contributed by atoms with Crippen molar-refractivity contribution in [3.05, 3.63) is 76.2 Å². The van der Waals surface area contributed by atoms with Gasteiger partial charge < -0.3 is 9.47 Å². The van der Waals surface area contributed by atoms with Gasteiger partial charge in [-0.25, -0.2) is 9.18 Å². The third kappa shape index (κ3) is 3.97. The van der Waals surface area contributed by atoms with E-state index in [4.69, 9.17) is 21.1 Å². The molecule has 0 aliphatic heterocycles. The first-order chi connectivity index (χ1) is 13.5. The van der Waals surface area contributed by atoms with E-state index in [1.165, 1.54) is 24.3 Å². The lowest BCUT2D eigenvalue weighted by Crippen LogP contribution is -2.10. The summed E-state index contributed by atoms with van der Waals surface area (Å²) in [6, 6.07) is 12.5. The van der Waals surface area contributed by atoms with Crippen molar-refractivity contribution in [1.29, 1.82) is 0 Å². The summed E-state index contributed by atoms with van der Waals surface area (Å²) in [4.78, 5) is 12.4. The average Bonchev–Trinajstić information content (AvgIpc) is 3.50. The highest BCUT2D eigenvalue weighted by atomic mass is 35.5. The number of nitrogens with zero attached hydrogens (tertiary/aromatic N) is 2. The average molecular weight is 399 g/mol. The van der Waals surface area contributed by atoms with Gasteiger partial charge in [-0.05, 0) is 55.0 Å². The summed E-state index contributed by atoms with van der Waals surface area (Å²) in [5.74, 6) is -0.130. The van der Waals surface area contributed by atoms with Crippen molar-refractivity contribution >= 4 is 17.6 Å². The van der Waals surface area contributed by atoms with E-state index < -0.39 is 11.8 Å². The van der Waals surface area contributed by atoms with Crippen molar-refractivity contribution in [1.82, 2.24) is 10.2 Å². The maximum absolute atomic E-state index is 13.4. The third-order valence-electron chi connectivity index (χ3n) is 4.42. The number of carbonyl (C=O) groups excluding carboxylic acids is 1. The second-order valence-corrected chi connectivity index (χ2v) is 6.99. The number of aryl methyl sites for hydroxylation is 1. The number of hydrogen-bond donors (Lipinski definition) is 0. The van der Waals surface area contributed by atoms with Crippen molar-refractivity contribution in [2.45, 2.75) is 25.7 Å². The van der Waals surface area contributed by atoms with Crippen molar-refractivity contribution < 1.29 is 18.7 Å². The number of aromatic nitrogens is 2. The number of para-hydroxylation sites is 1. The van der Waals surface area contributed by atoms with E-state index in [9.17, 15) is 9.18 Å². The molecule has 0 N–H and O–H groups in total. The zero-order chi connectivity index (χ0) is 19.7. The molecule has 1 aliphatic carbocycles. The molecule has 3 aromatic rings. The number of carbonyl (C=O) groups is 1. The minimum Gasteiger partial charge on any atom is -0.434 e. The summed E-state index contributed by atoms with van der Waals surface area (Å²) in [5.41, 5.74) is 2.08. The van der Waals surface area contributed by atoms with E-state index in [1.54, 1.807) is 0 Å². The van der Waals surface area contributed by atoms with E-state index >= 15 is 0 Å². The fourth-order valence-corrected chi connectivity index (χ4v) is 3.02. The monoisotopic (exact) mass is 398 g/mol. The third-order valence-corrected chi connectivity index (χ3v) is 4.60. The van der Waals surface area contributed by atoms with Crippen LogP contribution in [-0.2, 0) is 0 Å². The van der Waals surface area contributed by atoms with E-state index in [1.807, 2.05) is 25.1 Å². The minimum atomic E-state index is -0.749. The summed E-state index contributed by atoms with van der Waals surface area (Å²) < 4.78 is 24.8. The number of halogens is 2. The second-order valence-electron chi connectivity index (χ2n) is 6.61. The van der Waals surface area contributed by atoms with Gasteiger partial charge in [0, 0.05) is 6.07 Å². The Hall–Kier alpha value is -2.99. The molecule has 0 atom stereocenters. The summed E-state index contributed by atoms with van der Waals surface area (Å²) in [6.45, 7) is 1.93. The second kappa shape index (κ2) is 7.56. The Balaban J connectivity index is 1.65. The van der Waals surface area contributed by atoms with Crippen molar-refractivity contribution in [3.63, 3.8) is 0 Å². The summed E-state index contributed by atoms with van der Waals surface area (Å²) in [6.07, 6.45) is 2.21. The van der Waals surface area contributed by atoms with Gasteiger partial charge in [-0.15, -0.1) is 10.2 Å². The molecule has 0 amide bonds. The molecule has 0 spiro atoms. The fraction of sp³-hybridized carbons (Fsp3) is 0.190. The van der Waals surface area contributed by atoms with Gasteiger partial charge >= 0.3 is 5.97 Å². The van der Waals surface area contributed by atoms with Gasteiger partial charge in [0.1, 0.15) is 11.6 Å². The molecule has 1 aromatic heterocycles. The van der Waals surface area contributed by atoms with Gasteiger partial charge in [-0.1, -0.05) is 35.9 Å². The van der Waals surface area contributed by atoms with Crippen molar-refractivity contribution in [2.75, 3.05) is 0 Å². The van der Waals surface area contributed by atoms with Crippen LogP contribution in [0.25, 0.3) is 0 Å².